The van der Waals surface area contributed by atoms with Gasteiger partial charge in [0.05, 0.1) is 0 Å². The zero-order valence-electron chi connectivity index (χ0n) is 16.7. The van der Waals surface area contributed by atoms with Gasteiger partial charge in [0.25, 0.3) is 0 Å². The highest BCUT2D eigenvalue weighted by atomic mass is 32.1. The number of rotatable bonds is 8. The van der Waals surface area contributed by atoms with Gasteiger partial charge in [0.15, 0.2) is 0 Å². The Bertz CT molecular complexity index is 829. The van der Waals surface area contributed by atoms with Crippen LogP contribution in [0.5, 0.6) is 0 Å². The van der Waals surface area contributed by atoms with Crippen LogP contribution in [0.3, 0.4) is 0 Å². The molecule has 0 radical (unpaired) electrons. The number of nitrogens with one attached hydrogen (secondary N) is 2. The fourth-order valence-electron chi connectivity index (χ4n) is 2.79. The molecule has 1 fully saturated rings. The van der Waals surface area contributed by atoms with Gasteiger partial charge >= 0.3 is 0 Å². The molecule has 2 atom stereocenters. The number of carbonyl (C=O) groups excluding carboxylic acids is 2. The van der Waals surface area contributed by atoms with Gasteiger partial charge in [-0.1, -0.05) is 31.6 Å². The molecule has 28 heavy (non-hydrogen) atoms. The van der Waals surface area contributed by atoms with Gasteiger partial charge in [0.2, 0.25) is 16.9 Å². The lowest BCUT2D eigenvalue weighted by atomic mass is 9.98. The lowest BCUT2D eigenvalue weighted by molar-refractivity contribution is -0.128. The third-order valence-electron chi connectivity index (χ3n) is 5.03. The first-order chi connectivity index (χ1) is 13.4. The molecule has 1 aromatic heterocycles. The Morgan fingerprint density at radius 2 is 1.89 bits per heavy atom. The minimum atomic E-state index is -0.565. The van der Waals surface area contributed by atoms with Gasteiger partial charge in [-0.25, -0.2) is 0 Å². The number of amides is 2. The van der Waals surface area contributed by atoms with Crippen molar-refractivity contribution >= 4 is 34.0 Å². The molecular formula is C20H27N5O2S. The Kier molecular flexibility index (Phi) is 6.28. The van der Waals surface area contributed by atoms with Crippen molar-refractivity contribution in [1.82, 2.24) is 15.5 Å². The second kappa shape index (κ2) is 8.68. The van der Waals surface area contributed by atoms with Crippen molar-refractivity contribution < 1.29 is 9.59 Å². The Hall–Kier alpha value is -2.48. The number of hydrogen-bond donors (Lipinski definition) is 2. The van der Waals surface area contributed by atoms with Crippen LogP contribution in [-0.2, 0) is 9.59 Å². The summed E-state index contributed by atoms with van der Waals surface area (Å²) >= 11 is 1.32. The van der Waals surface area contributed by atoms with E-state index in [0.717, 1.165) is 35.5 Å². The summed E-state index contributed by atoms with van der Waals surface area (Å²) in [4.78, 5) is 26.9. The number of aromatic nitrogens is 2. The third kappa shape index (κ3) is 4.86. The van der Waals surface area contributed by atoms with Gasteiger partial charge in [-0.2, -0.15) is 0 Å². The molecule has 2 N–H and O–H groups in total. The van der Waals surface area contributed by atoms with Gasteiger partial charge < -0.3 is 10.2 Å². The average Bonchev–Trinajstić information content (AvgIpc) is 3.44. The summed E-state index contributed by atoms with van der Waals surface area (Å²) in [6.07, 6.45) is 2.61. The lowest BCUT2D eigenvalue weighted by Crippen LogP contribution is -2.48. The van der Waals surface area contributed by atoms with Gasteiger partial charge in [-0.05, 0) is 43.0 Å². The summed E-state index contributed by atoms with van der Waals surface area (Å²) in [6, 6.07) is 7.44. The van der Waals surface area contributed by atoms with Crippen molar-refractivity contribution in [2.24, 2.45) is 11.8 Å². The average molecular weight is 402 g/mol. The Morgan fingerprint density at radius 1 is 1.21 bits per heavy atom. The second-order valence-electron chi connectivity index (χ2n) is 7.49. The molecule has 2 amide bonds. The molecule has 2 aromatic rings. The molecule has 1 aliphatic rings. The zero-order chi connectivity index (χ0) is 20.3. The van der Waals surface area contributed by atoms with E-state index >= 15 is 0 Å². The Balaban J connectivity index is 1.68. The van der Waals surface area contributed by atoms with Crippen LogP contribution >= 0.6 is 11.3 Å². The first kappa shape index (κ1) is 20.3. The fourth-order valence-corrected chi connectivity index (χ4v) is 3.55. The van der Waals surface area contributed by atoms with Crippen molar-refractivity contribution in [3.8, 4) is 10.6 Å². The topological polar surface area (TPSA) is 87.2 Å². The standard InChI is InChI=1S/C20H27N5O2S/c1-5-12(2)16(21-17(26)13-6-7-13)18(27)22-20-24-23-19(28-20)14-8-10-15(11-9-14)25(3)4/h8-13,16H,5-7H2,1-4H3,(H,21,26)(H,22,24,27). The molecule has 0 spiro atoms. The van der Waals surface area contributed by atoms with Gasteiger partial charge in [-0.3, -0.25) is 14.9 Å². The van der Waals surface area contributed by atoms with E-state index in [2.05, 4.69) is 20.8 Å². The summed E-state index contributed by atoms with van der Waals surface area (Å²) < 4.78 is 0. The van der Waals surface area contributed by atoms with Crippen LogP contribution in [-0.4, -0.2) is 42.1 Å². The maximum Gasteiger partial charge on any atom is 0.249 e. The third-order valence-corrected chi connectivity index (χ3v) is 5.91. The summed E-state index contributed by atoms with van der Waals surface area (Å²) in [5.74, 6) is -0.167. The van der Waals surface area contributed by atoms with E-state index in [1.165, 1.54) is 11.3 Å². The molecule has 1 heterocycles. The first-order valence-corrected chi connectivity index (χ1v) is 10.4. The van der Waals surface area contributed by atoms with E-state index in [4.69, 9.17) is 0 Å². The molecule has 1 aromatic carbocycles. The Labute approximate surface area is 169 Å². The summed E-state index contributed by atoms with van der Waals surface area (Å²) in [6.45, 7) is 3.98. The summed E-state index contributed by atoms with van der Waals surface area (Å²) in [5, 5.41) is 15.2. The van der Waals surface area contributed by atoms with E-state index in [9.17, 15) is 9.59 Å². The number of anilines is 2. The van der Waals surface area contributed by atoms with Gasteiger partial charge in [0, 0.05) is 31.3 Å². The number of carbonyl (C=O) groups is 2. The molecule has 0 saturated heterocycles. The molecule has 2 unspecified atom stereocenters. The van der Waals surface area contributed by atoms with E-state index in [1.54, 1.807) is 0 Å². The van der Waals surface area contributed by atoms with Crippen molar-refractivity contribution in [1.29, 1.82) is 0 Å². The monoisotopic (exact) mass is 401 g/mol. The van der Waals surface area contributed by atoms with E-state index in [1.807, 2.05) is 57.1 Å². The van der Waals surface area contributed by atoms with Gasteiger partial charge in [0.1, 0.15) is 11.0 Å². The molecular weight excluding hydrogens is 374 g/mol. The maximum atomic E-state index is 12.8. The lowest BCUT2D eigenvalue weighted by Gasteiger charge is -2.22. The fraction of sp³-hybridized carbons (Fsp3) is 0.500. The maximum absolute atomic E-state index is 12.8. The molecule has 0 bridgehead atoms. The zero-order valence-corrected chi connectivity index (χ0v) is 17.5. The van der Waals surface area contributed by atoms with Crippen LogP contribution in [0.1, 0.15) is 33.1 Å². The highest BCUT2D eigenvalue weighted by molar-refractivity contribution is 7.18. The normalized spacial score (nSPS) is 15.6. The summed E-state index contributed by atoms with van der Waals surface area (Å²) in [5.41, 5.74) is 2.05. The minimum Gasteiger partial charge on any atom is -0.378 e. The van der Waals surface area contributed by atoms with Gasteiger partial charge in [-0.15, -0.1) is 10.2 Å². The predicted octanol–water partition coefficient (Wildman–Crippen LogP) is 3.15. The number of hydrogen-bond acceptors (Lipinski definition) is 6. The minimum absolute atomic E-state index is 0.0283. The Morgan fingerprint density at radius 3 is 2.46 bits per heavy atom. The highest BCUT2D eigenvalue weighted by Gasteiger charge is 2.34. The summed E-state index contributed by atoms with van der Waals surface area (Å²) in [7, 11) is 3.98. The SMILES string of the molecule is CCC(C)C(NC(=O)C1CC1)C(=O)Nc1nnc(-c2ccc(N(C)C)cc2)s1. The second-order valence-corrected chi connectivity index (χ2v) is 8.47. The molecule has 150 valence electrons. The molecule has 8 heteroatoms. The molecule has 3 rings (SSSR count). The van der Waals surface area contributed by atoms with Crippen LogP contribution in [0.15, 0.2) is 24.3 Å². The van der Waals surface area contributed by atoms with Crippen molar-refractivity contribution in [3.05, 3.63) is 24.3 Å². The van der Waals surface area contributed by atoms with E-state index in [0.29, 0.717) is 5.13 Å². The molecule has 7 nitrogen and oxygen atoms in total. The van der Waals surface area contributed by atoms with Crippen LogP contribution < -0.4 is 15.5 Å². The largest absolute Gasteiger partial charge is 0.378 e. The van der Waals surface area contributed by atoms with Crippen molar-refractivity contribution in [2.75, 3.05) is 24.3 Å². The van der Waals surface area contributed by atoms with Crippen molar-refractivity contribution in [3.63, 3.8) is 0 Å². The predicted molar refractivity (Wildman–Crippen MR) is 112 cm³/mol. The number of nitrogens with zero attached hydrogens (tertiary/aromatic N) is 3. The van der Waals surface area contributed by atoms with Crippen LogP contribution in [0.4, 0.5) is 10.8 Å². The molecule has 1 saturated carbocycles. The smallest absolute Gasteiger partial charge is 0.249 e. The first-order valence-electron chi connectivity index (χ1n) is 9.61. The quantitative estimate of drug-likeness (QED) is 0.709. The van der Waals surface area contributed by atoms with Crippen LogP contribution in [0, 0.1) is 11.8 Å². The van der Waals surface area contributed by atoms with E-state index < -0.39 is 6.04 Å². The van der Waals surface area contributed by atoms with Crippen LogP contribution in [0.2, 0.25) is 0 Å². The highest BCUT2D eigenvalue weighted by Crippen LogP contribution is 2.30. The van der Waals surface area contributed by atoms with E-state index in [-0.39, 0.29) is 23.7 Å². The number of benzene rings is 1. The van der Waals surface area contributed by atoms with Crippen molar-refractivity contribution in [2.45, 2.75) is 39.2 Å². The molecule has 0 aliphatic heterocycles. The van der Waals surface area contributed by atoms with Crippen LogP contribution in [0.25, 0.3) is 10.6 Å². The molecule has 1 aliphatic carbocycles.